The molecule has 0 bridgehead atoms. The molecule has 1 aliphatic rings. The third-order valence-electron chi connectivity index (χ3n) is 3.59. The van der Waals surface area contributed by atoms with Crippen molar-refractivity contribution in [3.8, 4) is 5.75 Å². The number of nitrogens with zero attached hydrogens (tertiary/aromatic N) is 1. The molecule has 0 aliphatic carbocycles. The highest BCUT2D eigenvalue weighted by molar-refractivity contribution is 6.20. The highest BCUT2D eigenvalue weighted by Gasteiger charge is 2.25. The summed E-state index contributed by atoms with van der Waals surface area (Å²) in [4.78, 5) is 14.1. The van der Waals surface area contributed by atoms with Gasteiger partial charge in [0, 0.05) is 24.0 Å². The average molecular weight is 268 g/mol. The van der Waals surface area contributed by atoms with Crippen molar-refractivity contribution in [2.24, 2.45) is 5.92 Å². The van der Waals surface area contributed by atoms with Crippen molar-refractivity contribution in [1.29, 1.82) is 0 Å². The molecule has 1 unspecified atom stereocenters. The Bertz CT molecular complexity index is 408. The number of aromatic hydroxyl groups is 1. The number of hydrogen-bond donors (Lipinski definition) is 1. The van der Waals surface area contributed by atoms with E-state index >= 15 is 0 Å². The zero-order chi connectivity index (χ0) is 13.1. The summed E-state index contributed by atoms with van der Waals surface area (Å²) in [5.74, 6) is 0.729. The molecule has 0 spiro atoms. The smallest absolute Gasteiger partial charge is 0.253 e. The van der Waals surface area contributed by atoms with Gasteiger partial charge in [0.25, 0.3) is 5.91 Å². The lowest BCUT2D eigenvalue weighted by molar-refractivity contribution is 0.0690. The van der Waals surface area contributed by atoms with Gasteiger partial charge in [-0.25, -0.2) is 0 Å². The third-order valence-corrected chi connectivity index (χ3v) is 3.95. The van der Waals surface area contributed by atoms with Gasteiger partial charge < -0.3 is 10.0 Å². The monoisotopic (exact) mass is 267 g/mol. The number of phenolic OH excluding ortho intramolecular Hbond substituents is 1. The Morgan fingerprint density at radius 2 is 1.89 bits per heavy atom. The van der Waals surface area contributed by atoms with Crippen molar-refractivity contribution in [3.05, 3.63) is 29.8 Å². The quantitative estimate of drug-likeness (QED) is 0.837. The van der Waals surface area contributed by atoms with E-state index in [-0.39, 0.29) is 17.0 Å². The summed E-state index contributed by atoms with van der Waals surface area (Å²) in [5, 5.41) is 9.38. The van der Waals surface area contributed by atoms with Crippen molar-refractivity contribution >= 4 is 17.5 Å². The molecule has 1 aliphatic heterocycles. The molecule has 1 aromatic rings. The summed E-state index contributed by atoms with van der Waals surface area (Å²) in [6.07, 6.45) is 1.93. The first-order chi connectivity index (χ1) is 8.58. The second kappa shape index (κ2) is 5.61. The van der Waals surface area contributed by atoms with Gasteiger partial charge in [-0.1, -0.05) is 0 Å². The van der Waals surface area contributed by atoms with Crippen LogP contribution in [0.5, 0.6) is 5.75 Å². The SMILES string of the molecule is CC(Cl)C1CCN(C(=O)c2ccc(O)cc2)CC1. The van der Waals surface area contributed by atoms with Gasteiger partial charge in [0.15, 0.2) is 0 Å². The molecule has 1 amide bonds. The third kappa shape index (κ3) is 2.96. The molecule has 0 saturated carbocycles. The molecule has 1 saturated heterocycles. The fraction of sp³-hybridized carbons (Fsp3) is 0.500. The maximum atomic E-state index is 12.2. The molecule has 1 fully saturated rings. The Morgan fingerprint density at radius 3 is 2.39 bits per heavy atom. The minimum Gasteiger partial charge on any atom is -0.508 e. The molecule has 2 rings (SSSR count). The number of phenols is 1. The zero-order valence-electron chi connectivity index (χ0n) is 10.5. The second-order valence-electron chi connectivity index (χ2n) is 4.85. The van der Waals surface area contributed by atoms with Crippen LogP contribution in [0.15, 0.2) is 24.3 Å². The van der Waals surface area contributed by atoms with E-state index in [9.17, 15) is 9.90 Å². The van der Waals surface area contributed by atoms with E-state index in [0.717, 1.165) is 25.9 Å². The summed E-state index contributed by atoms with van der Waals surface area (Å²) < 4.78 is 0. The number of piperidine rings is 1. The summed E-state index contributed by atoms with van der Waals surface area (Å²) in [7, 11) is 0. The topological polar surface area (TPSA) is 40.5 Å². The summed E-state index contributed by atoms with van der Waals surface area (Å²) in [6, 6.07) is 6.41. The maximum absolute atomic E-state index is 12.2. The Kier molecular flexibility index (Phi) is 4.12. The highest BCUT2D eigenvalue weighted by Crippen LogP contribution is 2.25. The first kappa shape index (κ1) is 13.2. The van der Waals surface area contributed by atoms with Crippen molar-refractivity contribution in [2.75, 3.05) is 13.1 Å². The molecule has 98 valence electrons. The largest absolute Gasteiger partial charge is 0.508 e. The number of amides is 1. The number of rotatable bonds is 2. The van der Waals surface area contributed by atoms with Crippen molar-refractivity contribution in [1.82, 2.24) is 4.90 Å². The Hall–Kier alpha value is -1.22. The van der Waals surface area contributed by atoms with Gasteiger partial charge in [0.2, 0.25) is 0 Å². The summed E-state index contributed by atoms with van der Waals surface area (Å²) in [6.45, 7) is 3.55. The van der Waals surface area contributed by atoms with Crippen LogP contribution in [-0.2, 0) is 0 Å². The lowest BCUT2D eigenvalue weighted by atomic mass is 9.93. The van der Waals surface area contributed by atoms with Gasteiger partial charge in [0.05, 0.1) is 0 Å². The van der Waals surface area contributed by atoms with Crippen LogP contribution < -0.4 is 0 Å². The standard InChI is InChI=1S/C14H18ClNO2/c1-10(15)11-6-8-16(9-7-11)14(18)12-2-4-13(17)5-3-12/h2-5,10-11,17H,6-9H2,1H3. The molecule has 1 aromatic carbocycles. The van der Waals surface area contributed by atoms with Crippen LogP contribution in [0, 0.1) is 5.92 Å². The molecule has 0 aromatic heterocycles. The van der Waals surface area contributed by atoms with Crippen LogP contribution in [0.4, 0.5) is 0 Å². The normalized spacial score (nSPS) is 18.7. The molecule has 0 radical (unpaired) electrons. The Balaban J connectivity index is 1.97. The first-order valence-electron chi connectivity index (χ1n) is 6.30. The molecular formula is C14H18ClNO2. The highest BCUT2D eigenvalue weighted by atomic mass is 35.5. The van der Waals surface area contributed by atoms with Gasteiger partial charge in [-0.15, -0.1) is 11.6 Å². The number of hydrogen-bond acceptors (Lipinski definition) is 2. The minimum atomic E-state index is 0.0377. The van der Waals surface area contributed by atoms with E-state index in [4.69, 9.17) is 11.6 Å². The van der Waals surface area contributed by atoms with Crippen LogP contribution >= 0.6 is 11.6 Å². The van der Waals surface area contributed by atoms with Gasteiger partial charge in [-0.3, -0.25) is 4.79 Å². The van der Waals surface area contributed by atoms with Crippen LogP contribution in [-0.4, -0.2) is 34.4 Å². The van der Waals surface area contributed by atoms with Crippen molar-refractivity contribution in [2.45, 2.75) is 25.1 Å². The molecule has 1 heterocycles. The minimum absolute atomic E-state index is 0.0377. The number of alkyl halides is 1. The molecule has 4 heteroatoms. The lowest BCUT2D eigenvalue weighted by Crippen LogP contribution is -2.40. The van der Waals surface area contributed by atoms with Gasteiger partial charge in [0.1, 0.15) is 5.75 Å². The molecule has 18 heavy (non-hydrogen) atoms. The van der Waals surface area contributed by atoms with E-state index in [0.29, 0.717) is 11.5 Å². The zero-order valence-corrected chi connectivity index (χ0v) is 11.2. The van der Waals surface area contributed by atoms with E-state index in [1.54, 1.807) is 24.3 Å². The number of halogens is 1. The lowest BCUT2D eigenvalue weighted by Gasteiger charge is -2.33. The Labute approximate surface area is 112 Å². The average Bonchev–Trinajstić information content (AvgIpc) is 2.39. The molecular weight excluding hydrogens is 250 g/mol. The van der Waals surface area contributed by atoms with Crippen molar-refractivity contribution < 1.29 is 9.90 Å². The summed E-state index contributed by atoms with van der Waals surface area (Å²) >= 11 is 6.09. The number of benzene rings is 1. The van der Waals surface area contributed by atoms with Crippen LogP contribution in [0.3, 0.4) is 0 Å². The van der Waals surface area contributed by atoms with Crippen molar-refractivity contribution in [3.63, 3.8) is 0 Å². The molecule has 3 nitrogen and oxygen atoms in total. The van der Waals surface area contributed by atoms with Crippen LogP contribution in [0.25, 0.3) is 0 Å². The van der Waals surface area contributed by atoms with E-state index < -0.39 is 0 Å². The van der Waals surface area contributed by atoms with Gasteiger partial charge >= 0.3 is 0 Å². The van der Waals surface area contributed by atoms with Gasteiger partial charge in [-0.05, 0) is 49.9 Å². The number of carbonyl (C=O) groups is 1. The maximum Gasteiger partial charge on any atom is 0.253 e. The van der Waals surface area contributed by atoms with E-state index in [2.05, 4.69) is 0 Å². The van der Waals surface area contributed by atoms with E-state index in [1.807, 2.05) is 11.8 Å². The van der Waals surface area contributed by atoms with Crippen LogP contribution in [0.1, 0.15) is 30.1 Å². The Morgan fingerprint density at radius 1 is 1.33 bits per heavy atom. The fourth-order valence-corrected chi connectivity index (χ4v) is 2.60. The fourth-order valence-electron chi connectivity index (χ4n) is 2.35. The van der Waals surface area contributed by atoms with Gasteiger partial charge in [-0.2, -0.15) is 0 Å². The summed E-state index contributed by atoms with van der Waals surface area (Å²) in [5.41, 5.74) is 0.630. The molecule has 1 N–H and O–H groups in total. The second-order valence-corrected chi connectivity index (χ2v) is 5.54. The number of carbonyl (C=O) groups excluding carboxylic acids is 1. The molecule has 1 atom stereocenters. The van der Waals surface area contributed by atoms with E-state index in [1.165, 1.54) is 0 Å². The predicted molar refractivity (Wildman–Crippen MR) is 72.0 cm³/mol. The number of likely N-dealkylation sites (tertiary alicyclic amines) is 1. The predicted octanol–water partition coefficient (Wildman–Crippen LogP) is 2.87. The van der Waals surface area contributed by atoms with Crippen LogP contribution in [0.2, 0.25) is 0 Å². The first-order valence-corrected chi connectivity index (χ1v) is 6.74.